The lowest BCUT2D eigenvalue weighted by molar-refractivity contribution is 0.558. The first-order chi connectivity index (χ1) is 8.88. The largest absolute Gasteiger partial charge is 0.380 e. The summed E-state index contributed by atoms with van der Waals surface area (Å²) in [6.45, 7) is 2.26. The summed E-state index contributed by atoms with van der Waals surface area (Å²) in [5.74, 6) is 0. The maximum atomic E-state index is 4.55. The number of fused-ring (bicyclic) bond motifs is 3. The SMILES string of the molecule is CCCCC1CCc2ccc3cccnc3c2N1. The van der Waals surface area contributed by atoms with Crippen LogP contribution in [0.3, 0.4) is 0 Å². The average molecular weight is 240 g/mol. The summed E-state index contributed by atoms with van der Waals surface area (Å²) >= 11 is 0. The van der Waals surface area contributed by atoms with E-state index in [-0.39, 0.29) is 0 Å². The fourth-order valence-corrected chi connectivity index (χ4v) is 2.83. The number of nitrogens with zero attached hydrogens (tertiary/aromatic N) is 1. The summed E-state index contributed by atoms with van der Waals surface area (Å²) in [5.41, 5.74) is 3.84. The van der Waals surface area contributed by atoms with Gasteiger partial charge in [-0.1, -0.05) is 38.0 Å². The van der Waals surface area contributed by atoms with E-state index in [1.54, 1.807) is 0 Å². The van der Waals surface area contributed by atoms with Gasteiger partial charge >= 0.3 is 0 Å². The third-order valence-electron chi connectivity index (χ3n) is 3.88. The van der Waals surface area contributed by atoms with Crippen molar-refractivity contribution in [1.29, 1.82) is 0 Å². The predicted octanol–water partition coefficient (Wildman–Crippen LogP) is 4.15. The third kappa shape index (κ3) is 2.07. The second-order valence-corrected chi connectivity index (χ2v) is 5.20. The van der Waals surface area contributed by atoms with Gasteiger partial charge in [0.25, 0.3) is 0 Å². The summed E-state index contributed by atoms with van der Waals surface area (Å²) in [4.78, 5) is 4.55. The number of benzene rings is 1. The third-order valence-corrected chi connectivity index (χ3v) is 3.88. The maximum absolute atomic E-state index is 4.55. The predicted molar refractivity (Wildman–Crippen MR) is 77.0 cm³/mol. The highest BCUT2D eigenvalue weighted by Crippen LogP contribution is 2.32. The normalized spacial score (nSPS) is 18.4. The maximum Gasteiger partial charge on any atom is 0.0936 e. The number of aromatic nitrogens is 1. The van der Waals surface area contributed by atoms with E-state index in [1.165, 1.54) is 48.7 Å². The van der Waals surface area contributed by atoms with Crippen LogP contribution in [0.5, 0.6) is 0 Å². The summed E-state index contributed by atoms with van der Waals surface area (Å²) in [6, 6.07) is 9.22. The van der Waals surface area contributed by atoms with Crippen LogP contribution in [-0.2, 0) is 6.42 Å². The number of rotatable bonds is 3. The minimum absolute atomic E-state index is 0.630. The Morgan fingerprint density at radius 2 is 2.28 bits per heavy atom. The number of pyridine rings is 1. The lowest BCUT2D eigenvalue weighted by atomic mass is 9.93. The molecule has 0 spiro atoms. The van der Waals surface area contributed by atoms with Crippen LogP contribution >= 0.6 is 0 Å². The first-order valence-corrected chi connectivity index (χ1v) is 7.01. The van der Waals surface area contributed by atoms with Gasteiger partial charge in [0.05, 0.1) is 11.2 Å². The van der Waals surface area contributed by atoms with Crippen molar-refractivity contribution in [2.45, 2.75) is 45.1 Å². The van der Waals surface area contributed by atoms with Crippen molar-refractivity contribution in [3.8, 4) is 0 Å². The molecular formula is C16H20N2. The van der Waals surface area contributed by atoms with E-state index in [0.29, 0.717) is 6.04 Å². The molecule has 1 aromatic carbocycles. The number of hydrogen-bond acceptors (Lipinski definition) is 2. The smallest absolute Gasteiger partial charge is 0.0936 e. The van der Waals surface area contributed by atoms with Crippen molar-refractivity contribution in [2.75, 3.05) is 5.32 Å². The summed E-state index contributed by atoms with van der Waals surface area (Å²) < 4.78 is 0. The molecule has 1 aliphatic heterocycles. The Bertz CT molecular complexity index is 548. The molecule has 1 atom stereocenters. The molecule has 1 aromatic heterocycles. The fraction of sp³-hybridized carbons (Fsp3) is 0.438. The minimum atomic E-state index is 0.630. The molecule has 0 saturated heterocycles. The van der Waals surface area contributed by atoms with Crippen molar-refractivity contribution in [2.24, 2.45) is 0 Å². The Hall–Kier alpha value is -1.57. The second kappa shape index (κ2) is 4.97. The zero-order valence-corrected chi connectivity index (χ0v) is 10.9. The first-order valence-electron chi connectivity index (χ1n) is 7.01. The van der Waals surface area contributed by atoms with Gasteiger partial charge in [-0.2, -0.15) is 0 Å². The summed E-state index contributed by atoms with van der Waals surface area (Å²) in [6.07, 6.45) is 8.19. The minimum Gasteiger partial charge on any atom is -0.380 e. The summed E-state index contributed by atoms with van der Waals surface area (Å²) in [5, 5.41) is 4.95. The molecular weight excluding hydrogens is 220 g/mol. The van der Waals surface area contributed by atoms with E-state index in [4.69, 9.17) is 0 Å². The van der Waals surface area contributed by atoms with E-state index in [9.17, 15) is 0 Å². The van der Waals surface area contributed by atoms with Gasteiger partial charge in [-0.05, 0) is 30.9 Å². The Morgan fingerprint density at radius 1 is 1.33 bits per heavy atom. The van der Waals surface area contributed by atoms with Crippen LogP contribution in [0, 0.1) is 0 Å². The Morgan fingerprint density at radius 3 is 3.17 bits per heavy atom. The zero-order valence-electron chi connectivity index (χ0n) is 10.9. The molecule has 2 heterocycles. The molecule has 0 bridgehead atoms. The highest BCUT2D eigenvalue weighted by Gasteiger charge is 2.19. The van der Waals surface area contributed by atoms with Crippen LogP contribution in [0.4, 0.5) is 5.69 Å². The molecule has 18 heavy (non-hydrogen) atoms. The topological polar surface area (TPSA) is 24.9 Å². The molecule has 1 N–H and O–H groups in total. The van der Waals surface area contributed by atoms with E-state index in [1.807, 2.05) is 12.3 Å². The molecule has 94 valence electrons. The van der Waals surface area contributed by atoms with E-state index in [0.717, 1.165) is 5.52 Å². The average Bonchev–Trinajstić information content (AvgIpc) is 2.45. The van der Waals surface area contributed by atoms with Gasteiger partial charge in [-0.25, -0.2) is 0 Å². The lowest BCUT2D eigenvalue weighted by Crippen LogP contribution is -2.25. The monoisotopic (exact) mass is 240 g/mol. The van der Waals surface area contributed by atoms with Gasteiger partial charge in [0, 0.05) is 17.6 Å². The number of unbranched alkanes of at least 4 members (excludes halogenated alkanes) is 1. The summed E-state index contributed by atoms with van der Waals surface area (Å²) in [7, 11) is 0. The standard InChI is InChI=1S/C16H20N2/c1-2-3-6-14-10-9-13-8-7-12-5-4-11-17-15(12)16(13)18-14/h4-5,7-8,11,14,18H,2-3,6,9-10H2,1H3. The lowest BCUT2D eigenvalue weighted by Gasteiger charge is -2.27. The van der Waals surface area contributed by atoms with Crippen LogP contribution in [-0.4, -0.2) is 11.0 Å². The van der Waals surface area contributed by atoms with Crippen LogP contribution < -0.4 is 5.32 Å². The van der Waals surface area contributed by atoms with Gasteiger partial charge in [0.15, 0.2) is 0 Å². The highest BCUT2D eigenvalue weighted by atomic mass is 14.9. The molecule has 0 aliphatic carbocycles. The molecule has 0 radical (unpaired) electrons. The zero-order chi connectivity index (χ0) is 12.4. The molecule has 2 nitrogen and oxygen atoms in total. The number of anilines is 1. The Labute approximate surface area is 108 Å². The van der Waals surface area contributed by atoms with Crippen molar-refractivity contribution in [3.05, 3.63) is 36.0 Å². The second-order valence-electron chi connectivity index (χ2n) is 5.20. The fourth-order valence-electron chi connectivity index (χ4n) is 2.83. The van der Waals surface area contributed by atoms with Gasteiger partial charge in [-0.15, -0.1) is 0 Å². The van der Waals surface area contributed by atoms with E-state index >= 15 is 0 Å². The number of aryl methyl sites for hydroxylation is 1. The molecule has 3 rings (SSSR count). The van der Waals surface area contributed by atoms with Gasteiger partial charge in [-0.3, -0.25) is 4.98 Å². The first kappa shape index (κ1) is 11.5. The molecule has 1 aliphatic rings. The van der Waals surface area contributed by atoms with Crippen LogP contribution in [0.25, 0.3) is 10.9 Å². The van der Waals surface area contributed by atoms with Gasteiger partial charge in [0.2, 0.25) is 0 Å². The number of hydrogen-bond donors (Lipinski definition) is 1. The quantitative estimate of drug-likeness (QED) is 0.871. The van der Waals surface area contributed by atoms with Crippen molar-refractivity contribution < 1.29 is 0 Å². The molecule has 0 fully saturated rings. The Balaban J connectivity index is 1.95. The van der Waals surface area contributed by atoms with Gasteiger partial charge < -0.3 is 5.32 Å². The van der Waals surface area contributed by atoms with Crippen molar-refractivity contribution >= 4 is 16.6 Å². The van der Waals surface area contributed by atoms with Crippen molar-refractivity contribution in [3.63, 3.8) is 0 Å². The van der Waals surface area contributed by atoms with E-state index in [2.05, 4.69) is 35.4 Å². The van der Waals surface area contributed by atoms with Crippen LogP contribution in [0.2, 0.25) is 0 Å². The molecule has 2 aromatic rings. The molecule has 0 amide bonds. The number of nitrogens with one attached hydrogen (secondary N) is 1. The molecule has 0 saturated carbocycles. The van der Waals surface area contributed by atoms with Crippen LogP contribution in [0.1, 0.15) is 38.2 Å². The van der Waals surface area contributed by atoms with Crippen molar-refractivity contribution in [1.82, 2.24) is 4.98 Å². The van der Waals surface area contributed by atoms with Gasteiger partial charge in [0.1, 0.15) is 0 Å². The van der Waals surface area contributed by atoms with Crippen LogP contribution in [0.15, 0.2) is 30.5 Å². The molecule has 2 heteroatoms. The molecule has 1 unspecified atom stereocenters. The van der Waals surface area contributed by atoms with E-state index < -0.39 is 0 Å². The Kier molecular flexibility index (Phi) is 3.18. The highest BCUT2D eigenvalue weighted by molar-refractivity contribution is 5.92.